The number of nitrogen functional groups attached to an aromatic ring is 1. The predicted molar refractivity (Wildman–Crippen MR) is 74.4 cm³/mol. The Hall–Kier alpha value is -1.48. The van der Waals surface area contributed by atoms with E-state index in [1.165, 1.54) is 5.56 Å². The third-order valence-electron chi connectivity index (χ3n) is 2.66. The van der Waals surface area contributed by atoms with Crippen LogP contribution in [-0.2, 0) is 6.42 Å². The van der Waals surface area contributed by atoms with E-state index in [0.717, 1.165) is 27.9 Å². The highest BCUT2D eigenvalue weighted by molar-refractivity contribution is 9.10. The molecule has 0 spiro atoms. The summed E-state index contributed by atoms with van der Waals surface area (Å²) in [6.07, 6.45) is 0.829. The molecule has 0 aliphatic heterocycles. The summed E-state index contributed by atoms with van der Waals surface area (Å²) in [6.45, 7) is 0. The first-order valence-corrected chi connectivity index (χ1v) is 6.15. The van der Waals surface area contributed by atoms with Gasteiger partial charge >= 0.3 is 0 Å². The van der Waals surface area contributed by atoms with E-state index < -0.39 is 0 Å². The van der Waals surface area contributed by atoms with Crippen molar-refractivity contribution in [3.63, 3.8) is 0 Å². The Bertz CT molecular complexity index is 508. The topological polar surface area (TPSA) is 35.2 Å². The molecule has 2 rings (SSSR count). The summed E-state index contributed by atoms with van der Waals surface area (Å²) >= 11 is 3.46. The number of hydrogen-bond donors (Lipinski definition) is 1. The average Bonchev–Trinajstić information content (AvgIpc) is 2.35. The lowest BCUT2D eigenvalue weighted by Crippen LogP contribution is -1.95. The molecule has 2 aromatic rings. The lowest BCUT2D eigenvalue weighted by Gasteiger charge is -2.07. The second-order valence-corrected chi connectivity index (χ2v) is 4.78. The first kappa shape index (κ1) is 12.0. The van der Waals surface area contributed by atoms with Gasteiger partial charge in [0, 0.05) is 10.2 Å². The minimum atomic E-state index is 0.823. The number of ether oxygens (including phenoxy) is 1. The van der Waals surface area contributed by atoms with Crippen LogP contribution in [0.3, 0.4) is 0 Å². The largest absolute Gasteiger partial charge is 0.497 e. The van der Waals surface area contributed by atoms with Crippen LogP contribution < -0.4 is 10.5 Å². The van der Waals surface area contributed by atoms with Gasteiger partial charge in [0.2, 0.25) is 0 Å². The van der Waals surface area contributed by atoms with Crippen LogP contribution in [0, 0.1) is 0 Å². The standard InChI is InChI=1S/C14H14BrNO/c1-17-13-5-2-10(3-6-13)8-11-9-12(15)4-7-14(11)16/h2-7,9H,8,16H2,1H3. The van der Waals surface area contributed by atoms with Crippen LogP contribution in [0.25, 0.3) is 0 Å². The van der Waals surface area contributed by atoms with Gasteiger partial charge in [0.15, 0.2) is 0 Å². The van der Waals surface area contributed by atoms with Crippen molar-refractivity contribution in [2.75, 3.05) is 12.8 Å². The highest BCUT2D eigenvalue weighted by atomic mass is 79.9. The van der Waals surface area contributed by atoms with Gasteiger partial charge in [-0.2, -0.15) is 0 Å². The molecular formula is C14H14BrNO. The Labute approximate surface area is 110 Å². The normalized spacial score (nSPS) is 10.2. The zero-order chi connectivity index (χ0) is 12.3. The molecule has 0 saturated heterocycles. The average molecular weight is 292 g/mol. The Morgan fingerprint density at radius 1 is 1.12 bits per heavy atom. The Morgan fingerprint density at radius 2 is 1.82 bits per heavy atom. The molecule has 3 heteroatoms. The molecule has 0 amide bonds. The zero-order valence-corrected chi connectivity index (χ0v) is 11.2. The molecule has 0 bridgehead atoms. The van der Waals surface area contributed by atoms with Crippen molar-refractivity contribution in [2.24, 2.45) is 0 Å². The molecule has 2 nitrogen and oxygen atoms in total. The van der Waals surface area contributed by atoms with Crippen LogP contribution in [0.2, 0.25) is 0 Å². The fourth-order valence-corrected chi connectivity index (χ4v) is 2.10. The van der Waals surface area contributed by atoms with Crippen molar-refractivity contribution in [2.45, 2.75) is 6.42 Å². The van der Waals surface area contributed by atoms with Crippen molar-refractivity contribution < 1.29 is 4.74 Å². The monoisotopic (exact) mass is 291 g/mol. The molecule has 0 aromatic heterocycles. The molecule has 0 heterocycles. The number of anilines is 1. The van der Waals surface area contributed by atoms with Crippen LogP contribution >= 0.6 is 15.9 Å². The SMILES string of the molecule is COc1ccc(Cc2cc(Br)ccc2N)cc1. The summed E-state index contributed by atoms with van der Waals surface area (Å²) < 4.78 is 6.18. The number of hydrogen-bond acceptors (Lipinski definition) is 2. The van der Waals surface area contributed by atoms with Gasteiger partial charge in [-0.05, 0) is 47.9 Å². The molecule has 0 aliphatic rings. The molecular weight excluding hydrogens is 278 g/mol. The summed E-state index contributed by atoms with van der Waals surface area (Å²) in [7, 11) is 1.67. The quantitative estimate of drug-likeness (QED) is 0.877. The van der Waals surface area contributed by atoms with Crippen LogP contribution in [0.4, 0.5) is 5.69 Å². The van der Waals surface area contributed by atoms with E-state index in [9.17, 15) is 0 Å². The van der Waals surface area contributed by atoms with Gasteiger partial charge in [-0.25, -0.2) is 0 Å². The maximum atomic E-state index is 5.95. The van der Waals surface area contributed by atoms with Gasteiger partial charge in [-0.1, -0.05) is 28.1 Å². The van der Waals surface area contributed by atoms with Gasteiger partial charge < -0.3 is 10.5 Å². The molecule has 0 fully saturated rings. The molecule has 2 aromatic carbocycles. The summed E-state index contributed by atoms with van der Waals surface area (Å²) in [6, 6.07) is 14.0. The summed E-state index contributed by atoms with van der Waals surface area (Å²) in [5, 5.41) is 0. The van der Waals surface area contributed by atoms with Crippen molar-refractivity contribution in [3.05, 3.63) is 58.1 Å². The highest BCUT2D eigenvalue weighted by Crippen LogP contribution is 2.22. The molecule has 0 unspecified atom stereocenters. The molecule has 0 aliphatic carbocycles. The van der Waals surface area contributed by atoms with E-state index in [-0.39, 0.29) is 0 Å². The van der Waals surface area contributed by atoms with Gasteiger partial charge in [0.1, 0.15) is 5.75 Å². The van der Waals surface area contributed by atoms with Crippen LogP contribution in [-0.4, -0.2) is 7.11 Å². The molecule has 0 radical (unpaired) electrons. The second-order valence-electron chi connectivity index (χ2n) is 3.87. The lowest BCUT2D eigenvalue weighted by atomic mass is 10.0. The highest BCUT2D eigenvalue weighted by Gasteiger charge is 2.02. The van der Waals surface area contributed by atoms with Gasteiger partial charge in [-0.15, -0.1) is 0 Å². The minimum absolute atomic E-state index is 0.823. The molecule has 0 atom stereocenters. The van der Waals surface area contributed by atoms with Gasteiger partial charge in [-0.3, -0.25) is 0 Å². The first-order valence-electron chi connectivity index (χ1n) is 5.36. The van der Waals surface area contributed by atoms with E-state index in [0.29, 0.717) is 0 Å². The van der Waals surface area contributed by atoms with Crippen molar-refractivity contribution in [3.8, 4) is 5.75 Å². The maximum Gasteiger partial charge on any atom is 0.118 e. The van der Waals surface area contributed by atoms with Crippen molar-refractivity contribution in [1.82, 2.24) is 0 Å². The Balaban J connectivity index is 2.22. The third-order valence-corrected chi connectivity index (χ3v) is 3.15. The van der Waals surface area contributed by atoms with Crippen LogP contribution in [0.5, 0.6) is 5.75 Å². The molecule has 0 saturated carbocycles. The fraction of sp³-hybridized carbons (Fsp3) is 0.143. The van der Waals surface area contributed by atoms with E-state index in [1.54, 1.807) is 7.11 Å². The van der Waals surface area contributed by atoms with Crippen molar-refractivity contribution in [1.29, 1.82) is 0 Å². The maximum absolute atomic E-state index is 5.95. The Kier molecular flexibility index (Phi) is 3.69. The number of benzene rings is 2. The van der Waals surface area contributed by atoms with Crippen LogP contribution in [0.15, 0.2) is 46.9 Å². The van der Waals surface area contributed by atoms with E-state index >= 15 is 0 Å². The lowest BCUT2D eigenvalue weighted by molar-refractivity contribution is 0.414. The first-order chi connectivity index (χ1) is 8.19. The number of nitrogens with two attached hydrogens (primary N) is 1. The number of rotatable bonds is 3. The third kappa shape index (κ3) is 3.01. The molecule has 88 valence electrons. The van der Waals surface area contributed by atoms with Crippen LogP contribution in [0.1, 0.15) is 11.1 Å². The fourth-order valence-electron chi connectivity index (χ4n) is 1.69. The smallest absolute Gasteiger partial charge is 0.118 e. The minimum Gasteiger partial charge on any atom is -0.497 e. The van der Waals surface area contributed by atoms with Crippen molar-refractivity contribution >= 4 is 21.6 Å². The van der Waals surface area contributed by atoms with E-state index in [1.807, 2.05) is 24.3 Å². The van der Waals surface area contributed by atoms with E-state index in [4.69, 9.17) is 10.5 Å². The number of methoxy groups -OCH3 is 1. The molecule has 17 heavy (non-hydrogen) atoms. The summed E-state index contributed by atoms with van der Waals surface area (Å²) in [5.41, 5.74) is 9.12. The molecule has 2 N–H and O–H groups in total. The summed E-state index contributed by atoms with van der Waals surface area (Å²) in [4.78, 5) is 0. The predicted octanol–water partition coefficient (Wildman–Crippen LogP) is 3.63. The second kappa shape index (κ2) is 5.23. The Morgan fingerprint density at radius 3 is 2.47 bits per heavy atom. The van der Waals surface area contributed by atoms with Gasteiger partial charge in [0.05, 0.1) is 7.11 Å². The van der Waals surface area contributed by atoms with Gasteiger partial charge in [0.25, 0.3) is 0 Å². The van der Waals surface area contributed by atoms with E-state index in [2.05, 4.69) is 34.1 Å². The summed E-state index contributed by atoms with van der Waals surface area (Å²) in [5.74, 6) is 0.871. The zero-order valence-electron chi connectivity index (χ0n) is 9.61. The number of halogens is 1.